The second-order valence-electron chi connectivity index (χ2n) is 7.82. The van der Waals surface area contributed by atoms with Gasteiger partial charge in [0.15, 0.2) is 0 Å². The number of hydrogen-bond donors (Lipinski definition) is 1. The van der Waals surface area contributed by atoms with Crippen LogP contribution in [0.15, 0.2) is 0 Å². The molecule has 1 amide bonds. The van der Waals surface area contributed by atoms with Crippen molar-refractivity contribution in [2.24, 2.45) is 17.8 Å². The Labute approximate surface area is 134 Å². The highest BCUT2D eigenvalue weighted by Crippen LogP contribution is 2.29. The molecule has 0 aromatic rings. The van der Waals surface area contributed by atoms with Gasteiger partial charge in [0.05, 0.1) is 18.2 Å². The van der Waals surface area contributed by atoms with Gasteiger partial charge in [-0.2, -0.15) is 0 Å². The Morgan fingerprint density at radius 3 is 2.09 bits per heavy atom. The third-order valence-corrected chi connectivity index (χ3v) is 5.43. The lowest BCUT2D eigenvalue weighted by Gasteiger charge is -2.42. The number of nitrogens with one attached hydrogen (secondary N) is 1. The summed E-state index contributed by atoms with van der Waals surface area (Å²) in [6, 6.07) is 0.000542. The van der Waals surface area contributed by atoms with Gasteiger partial charge in [-0.3, -0.25) is 9.69 Å². The molecule has 1 N–H and O–H groups in total. The molecular weight excluding hydrogens is 278 g/mol. The van der Waals surface area contributed by atoms with Crippen LogP contribution in [0.1, 0.15) is 27.7 Å². The normalized spacial score (nSPS) is 37.6. The van der Waals surface area contributed by atoms with Crippen LogP contribution in [0.4, 0.5) is 0 Å². The molecule has 5 atom stereocenters. The Bertz CT molecular complexity index is 393. The number of ether oxygens (including phenoxy) is 1. The van der Waals surface area contributed by atoms with Gasteiger partial charge in [-0.15, -0.1) is 0 Å². The minimum atomic E-state index is 0.000542. The van der Waals surface area contributed by atoms with Gasteiger partial charge in [-0.1, -0.05) is 13.8 Å². The highest BCUT2D eigenvalue weighted by molar-refractivity contribution is 5.82. The molecule has 3 unspecified atom stereocenters. The second-order valence-corrected chi connectivity index (χ2v) is 7.82. The van der Waals surface area contributed by atoms with E-state index >= 15 is 0 Å². The Kier molecular flexibility index (Phi) is 4.76. The molecule has 126 valence electrons. The lowest BCUT2D eigenvalue weighted by molar-refractivity contribution is -0.144. The molecule has 0 spiro atoms. The van der Waals surface area contributed by atoms with Crippen molar-refractivity contribution in [1.29, 1.82) is 0 Å². The number of amides is 1. The lowest BCUT2D eigenvalue weighted by atomic mass is 9.99. The minimum Gasteiger partial charge on any atom is -0.373 e. The summed E-state index contributed by atoms with van der Waals surface area (Å²) in [5.74, 6) is 2.01. The maximum absolute atomic E-state index is 13.2. The van der Waals surface area contributed by atoms with Crippen LogP contribution in [0.3, 0.4) is 0 Å². The molecule has 0 saturated carbocycles. The Hall–Kier alpha value is -0.650. The average molecular weight is 309 g/mol. The van der Waals surface area contributed by atoms with Gasteiger partial charge in [0.25, 0.3) is 0 Å². The van der Waals surface area contributed by atoms with Crippen molar-refractivity contribution in [2.75, 3.05) is 39.3 Å². The van der Waals surface area contributed by atoms with Crippen molar-refractivity contribution in [3.05, 3.63) is 0 Å². The molecule has 3 fully saturated rings. The maximum atomic E-state index is 13.2. The first-order valence-electron chi connectivity index (χ1n) is 8.84. The molecule has 3 aliphatic heterocycles. The molecule has 3 aliphatic rings. The van der Waals surface area contributed by atoms with E-state index in [1.807, 2.05) is 0 Å². The summed E-state index contributed by atoms with van der Waals surface area (Å²) >= 11 is 0. The van der Waals surface area contributed by atoms with Crippen LogP contribution in [0.2, 0.25) is 0 Å². The predicted octanol–water partition coefficient (Wildman–Crippen LogP) is 0.798. The first-order chi connectivity index (χ1) is 10.5. The smallest absolute Gasteiger partial charge is 0.240 e. The van der Waals surface area contributed by atoms with Gasteiger partial charge in [0.2, 0.25) is 5.91 Å². The molecule has 3 saturated heterocycles. The zero-order valence-electron chi connectivity index (χ0n) is 14.4. The Balaban J connectivity index is 1.69. The summed E-state index contributed by atoms with van der Waals surface area (Å²) in [6.07, 6.45) is 0.417. The number of nitrogens with zero attached hydrogens (tertiary/aromatic N) is 2. The maximum Gasteiger partial charge on any atom is 0.240 e. The fraction of sp³-hybridized carbons (Fsp3) is 0.941. The van der Waals surface area contributed by atoms with Gasteiger partial charge in [0.1, 0.15) is 0 Å². The SMILES string of the molecule is CC1CN(C(C(=O)N2C[C@H]3CNC[C@H]3C2)C(C)C)CC(C)O1. The largest absolute Gasteiger partial charge is 0.373 e. The van der Waals surface area contributed by atoms with Crippen molar-refractivity contribution >= 4 is 5.91 Å². The fourth-order valence-electron chi connectivity index (χ4n) is 4.53. The summed E-state index contributed by atoms with van der Waals surface area (Å²) in [5, 5.41) is 3.45. The third-order valence-electron chi connectivity index (χ3n) is 5.43. The topological polar surface area (TPSA) is 44.8 Å². The number of morpholine rings is 1. The van der Waals surface area contributed by atoms with Crippen molar-refractivity contribution in [3.63, 3.8) is 0 Å². The van der Waals surface area contributed by atoms with E-state index in [0.717, 1.165) is 39.3 Å². The number of hydrogen-bond acceptors (Lipinski definition) is 4. The summed E-state index contributed by atoms with van der Waals surface area (Å²) in [6.45, 7) is 14.3. The van der Waals surface area contributed by atoms with Gasteiger partial charge in [0, 0.05) is 39.3 Å². The Morgan fingerprint density at radius 1 is 1.05 bits per heavy atom. The van der Waals surface area contributed by atoms with Crippen LogP contribution in [0, 0.1) is 17.8 Å². The van der Waals surface area contributed by atoms with E-state index in [-0.39, 0.29) is 18.2 Å². The average Bonchev–Trinajstić information content (AvgIpc) is 2.97. The number of fused-ring (bicyclic) bond motifs is 1. The van der Waals surface area contributed by atoms with E-state index in [0.29, 0.717) is 23.7 Å². The third kappa shape index (κ3) is 3.17. The van der Waals surface area contributed by atoms with Crippen LogP contribution < -0.4 is 5.32 Å². The zero-order chi connectivity index (χ0) is 15.9. The van der Waals surface area contributed by atoms with Crippen molar-refractivity contribution in [2.45, 2.75) is 45.9 Å². The molecular formula is C17H31N3O2. The number of rotatable bonds is 3. The summed E-state index contributed by atoms with van der Waals surface area (Å²) in [7, 11) is 0. The Morgan fingerprint density at radius 2 is 1.59 bits per heavy atom. The summed E-state index contributed by atoms with van der Waals surface area (Å²) < 4.78 is 5.84. The van der Waals surface area contributed by atoms with Crippen molar-refractivity contribution < 1.29 is 9.53 Å². The van der Waals surface area contributed by atoms with Crippen LogP contribution in [-0.2, 0) is 9.53 Å². The molecule has 3 heterocycles. The first kappa shape index (κ1) is 16.2. The van der Waals surface area contributed by atoms with E-state index in [1.54, 1.807) is 0 Å². The van der Waals surface area contributed by atoms with Crippen molar-refractivity contribution in [3.8, 4) is 0 Å². The van der Waals surface area contributed by atoms with Gasteiger partial charge in [-0.25, -0.2) is 0 Å². The molecule has 0 aromatic heterocycles. The van der Waals surface area contributed by atoms with Gasteiger partial charge >= 0.3 is 0 Å². The number of carbonyl (C=O) groups is 1. The molecule has 0 aliphatic carbocycles. The van der Waals surface area contributed by atoms with E-state index in [2.05, 4.69) is 42.8 Å². The molecule has 5 heteroatoms. The van der Waals surface area contributed by atoms with Crippen LogP contribution in [-0.4, -0.2) is 73.2 Å². The van der Waals surface area contributed by atoms with E-state index in [4.69, 9.17) is 4.74 Å². The zero-order valence-corrected chi connectivity index (χ0v) is 14.4. The first-order valence-corrected chi connectivity index (χ1v) is 8.84. The summed E-state index contributed by atoms with van der Waals surface area (Å²) in [4.78, 5) is 17.6. The fourth-order valence-corrected chi connectivity index (χ4v) is 4.53. The highest BCUT2D eigenvalue weighted by atomic mass is 16.5. The molecule has 3 rings (SSSR count). The predicted molar refractivity (Wildman–Crippen MR) is 86.6 cm³/mol. The monoisotopic (exact) mass is 309 g/mol. The minimum absolute atomic E-state index is 0.000542. The van der Waals surface area contributed by atoms with Crippen LogP contribution in [0.5, 0.6) is 0 Å². The molecule has 0 radical (unpaired) electrons. The lowest BCUT2D eigenvalue weighted by Crippen LogP contribution is -2.57. The highest BCUT2D eigenvalue weighted by Gasteiger charge is 2.42. The number of carbonyl (C=O) groups excluding carboxylic acids is 1. The molecule has 22 heavy (non-hydrogen) atoms. The number of likely N-dealkylation sites (tertiary alicyclic amines) is 1. The van der Waals surface area contributed by atoms with E-state index in [1.165, 1.54) is 0 Å². The molecule has 5 nitrogen and oxygen atoms in total. The van der Waals surface area contributed by atoms with Crippen molar-refractivity contribution in [1.82, 2.24) is 15.1 Å². The quantitative estimate of drug-likeness (QED) is 0.837. The van der Waals surface area contributed by atoms with Crippen LogP contribution >= 0.6 is 0 Å². The molecule has 0 bridgehead atoms. The molecule has 0 aromatic carbocycles. The second kappa shape index (κ2) is 6.46. The van der Waals surface area contributed by atoms with E-state index < -0.39 is 0 Å². The van der Waals surface area contributed by atoms with E-state index in [9.17, 15) is 4.79 Å². The summed E-state index contributed by atoms with van der Waals surface area (Å²) in [5.41, 5.74) is 0. The van der Waals surface area contributed by atoms with Gasteiger partial charge < -0.3 is 15.0 Å². The standard InChI is InChI=1S/C17H31N3O2/c1-11(2)16(19-7-12(3)22-13(4)8-19)17(21)20-9-14-5-18-6-15(14)10-20/h11-16,18H,5-10H2,1-4H3/t12?,13?,14-,15+,16?. The van der Waals surface area contributed by atoms with Crippen LogP contribution in [0.25, 0.3) is 0 Å². The van der Waals surface area contributed by atoms with Gasteiger partial charge in [-0.05, 0) is 31.6 Å².